The van der Waals surface area contributed by atoms with Crippen LogP contribution in [0.15, 0.2) is 46.2 Å². The molecule has 6 heteroatoms. The van der Waals surface area contributed by atoms with E-state index in [4.69, 9.17) is 0 Å². The van der Waals surface area contributed by atoms with Crippen LogP contribution in [-0.2, 0) is 10.0 Å². The number of phenolic OH excluding ortho intramolecular Hbond substituents is 1. The molecule has 0 amide bonds. The van der Waals surface area contributed by atoms with Gasteiger partial charge >= 0.3 is 0 Å². The van der Waals surface area contributed by atoms with E-state index >= 15 is 0 Å². The highest BCUT2D eigenvalue weighted by molar-refractivity contribution is 7.99. The maximum Gasteiger partial charge on any atom is 0.229 e. The van der Waals surface area contributed by atoms with Crippen LogP contribution in [0.2, 0.25) is 0 Å². The molecule has 0 saturated carbocycles. The third-order valence-electron chi connectivity index (χ3n) is 3.10. The molecule has 2 aromatic rings. The molecule has 0 atom stereocenters. The molecule has 2 rings (SSSR count). The van der Waals surface area contributed by atoms with E-state index in [1.165, 1.54) is 11.8 Å². The normalized spacial score (nSPS) is 11.4. The number of anilines is 1. The molecular weight excluding hydrogens is 306 g/mol. The van der Waals surface area contributed by atoms with E-state index in [2.05, 4.69) is 4.72 Å². The van der Waals surface area contributed by atoms with Crippen LogP contribution in [-0.4, -0.2) is 19.8 Å². The van der Waals surface area contributed by atoms with Gasteiger partial charge < -0.3 is 5.11 Å². The van der Waals surface area contributed by atoms with Gasteiger partial charge in [0, 0.05) is 4.90 Å². The number of benzene rings is 2. The Balaban J connectivity index is 2.46. The molecule has 2 aromatic carbocycles. The third kappa shape index (κ3) is 3.92. The quantitative estimate of drug-likeness (QED) is 0.845. The van der Waals surface area contributed by atoms with Crippen molar-refractivity contribution in [1.82, 2.24) is 0 Å². The summed E-state index contributed by atoms with van der Waals surface area (Å²) in [5.74, 6) is 0.181. The van der Waals surface area contributed by atoms with Crippen molar-refractivity contribution in [1.29, 1.82) is 0 Å². The fourth-order valence-electron chi connectivity index (χ4n) is 1.87. The highest BCUT2D eigenvalue weighted by Gasteiger charge is 2.15. The summed E-state index contributed by atoms with van der Waals surface area (Å²) in [6, 6.07) is 11.3. The molecule has 2 N–H and O–H groups in total. The smallest absolute Gasteiger partial charge is 0.229 e. The number of aromatic hydroxyl groups is 1. The Morgan fingerprint density at radius 2 is 1.71 bits per heavy atom. The van der Waals surface area contributed by atoms with Crippen molar-refractivity contribution in [3.8, 4) is 5.75 Å². The first-order valence-electron chi connectivity index (χ1n) is 6.32. The molecule has 0 aliphatic heterocycles. The topological polar surface area (TPSA) is 66.4 Å². The van der Waals surface area contributed by atoms with Gasteiger partial charge in [0.1, 0.15) is 5.75 Å². The number of sulfonamides is 1. The maximum atomic E-state index is 11.4. The van der Waals surface area contributed by atoms with E-state index in [1.807, 2.05) is 30.3 Å². The number of hydrogen-bond donors (Lipinski definition) is 2. The average Bonchev–Trinajstić information content (AvgIpc) is 2.41. The van der Waals surface area contributed by atoms with Crippen LogP contribution >= 0.6 is 11.8 Å². The molecule has 0 radical (unpaired) electrons. The van der Waals surface area contributed by atoms with Gasteiger partial charge in [0.25, 0.3) is 0 Å². The second-order valence-electron chi connectivity index (χ2n) is 4.81. The predicted molar refractivity (Wildman–Crippen MR) is 86.6 cm³/mol. The molecule has 0 heterocycles. The lowest BCUT2D eigenvalue weighted by atomic mass is 10.1. The van der Waals surface area contributed by atoms with Crippen LogP contribution in [0.1, 0.15) is 11.1 Å². The monoisotopic (exact) mass is 323 g/mol. The summed E-state index contributed by atoms with van der Waals surface area (Å²) >= 11 is 1.39. The third-order valence-corrected chi connectivity index (χ3v) is 4.73. The molecule has 4 nitrogen and oxygen atoms in total. The number of rotatable bonds is 4. The molecule has 0 bridgehead atoms. The first-order valence-corrected chi connectivity index (χ1v) is 9.02. The Morgan fingerprint density at radius 3 is 2.29 bits per heavy atom. The molecule has 0 saturated heterocycles. The molecule has 0 aliphatic carbocycles. The highest BCUT2D eigenvalue weighted by Crippen LogP contribution is 2.40. The summed E-state index contributed by atoms with van der Waals surface area (Å²) in [6.45, 7) is 3.55. The highest BCUT2D eigenvalue weighted by atomic mass is 32.2. The minimum Gasteiger partial charge on any atom is -0.506 e. The van der Waals surface area contributed by atoms with Crippen molar-refractivity contribution in [3.05, 3.63) is 47.5 Å². The van der Waals surface area contributed by atoms with E-state index < -0.39 is 10.0 Å². The Hall–Kier alpha value is -1.66. The minimum atomic E-state index is -3.36. The molecule has 112 valence electrons. The zero-order valence-electron chi connectivity index (χ0n) is 12.0. The van der Waals surface area contributed by atoms with Gasteiger partial charge in [-0.05, 0) is 43.2 Å². The molecule has 0 aromatic heterocycles. The molecular formula is C15H17NO3S2. The molecule has 0 aliphatic rings. The van der Waals surface area contributed by atoms with Gasteiger partial charge in [-0.15, -0.1) is 0 Å². The van der Waals surface area contributed by atoms with Crippen LogP contribution in [0, 0.1) is 13.8 Å². The summed E-state index contributed by atoms with van der Waals surface area (Å²) < 4.78 is 25.4. The SMILES string of the molecule is Cc1c(NS(C)(=O)=O)cc(Sc2ccccc2)c(O)c1C. The van der Waals surface area contributed by atoms with Crippen molar-refractivity contribution < 1.29 is 13.5 Å². The Morgan fingerprint density at radius 1 is 1.10 bits per heavy atom. The zero-order valence-corrected chi connectivity index (χ0v) is 13.7. The lowest BCUT2D eigenvalue weighted by molar-refractivity contribution is 0.457. The lowest BCUT2D eigenvalue weighted by Gasteiger charge is -2.15. The standard InChI is InChI=1S/C15H17NO3S2/c1-10-11(2)15(17)14(9-13(10)16-21(3,18)19)20-12-7-5-4-6-8-12/h4-9,16-17H,1-3H3. The summed E-state index contributed by atoms with van der Waals surface area (Å²) in [6.07, 6.45) is 1.11. The van der Waals surface area contributed by atoms with E-state index in [-0.39, 0.29) is 5.75 Å². The second kappa shape index (κ2) is 5.99. The van der Waals surface area contributed by atoms with E-state index in [0.29, 0.717) is 16.1 Å². The largest absolute Gasteiger partial charge is 0.506 e. The van der Waals surface area contributed by atoms with Crippen LogP contribution < -0.4 is 4.72 Å². The van der Waals surface area contributed by atoms with Gasteiger partial charge in [-0.1, -0.05) is 30.0 Å². The van der Waals surface area contributed by atoms with Gasteiger partial charge in [-0.25, -0.2) is 8.42 Å². The maximum absolute atomic E-state index is 11.4. The van der Waals surface area contributed by atoms with Crippen LogP contribution in [0.3, 0.4) is 0 Å². The fourth-order valence-corrected chi connectivity index (χ4v) is 3.46. The van der Waals surface area contributed by atoms with Gasteiger partial charge in [0.2, 0.25) is 10.0 Å². The molecule has 0 unspecified atom stereocenters. The Labute approximate surface area is 129 Å². The van der Waals surface area contributed by atoms with Gasteiger partial charge in [-0.2, -0.15) is 0 Å². The lowest BCUT2D eigenvalue weighted by Crippen LogP contribution is -2.11. The van der Waals surface area contributed by atoms with E-state index in [9.17, 15) is 13.5 Å². The van der Waals surface area contributed by atoms with Gasteiger partial charge in [0.05, 0.1) is 16.8 Å². The number of hydrogen-bond acceptors (Lipinski definition) is 4. The zero-order chi connectivity index (χ0) is 15.6. The predicted octanol–water partition coefficient (Wildman–Crippen LogP) is 3.53. The van der Waals surface area contributed by atoms with Crippen molar-refractivity contribution in [3.63, 3.8) is 0 Å². The van der Waals surface area contributed by atoms with Crippen molar-refractivity contribution in [2.45, 2.75) is 23.6 Å². The van der Waals surface area contributed by atoms with Crippen LogP contribution in [0.5, 0.6) is 5.75 Å². The van der Waals surface area contributed by atoms with E-state index in [1.54, 1.807) is 19.9 Å². The first kappa shape index (κ1) is 15.7. The summed E-state index contributed by atoms with van der Waals surface area (Å²) in [5.41, 5.74) is 1.88. The number of nitrogens with one attached hydrogen (secondary N) is 1. The van der Waals surface area contributed by atoms with Gasteiger partial charge in [-0.3, -0.25) is 4.72 Å². The summed E-state index contributed by atoms with van der Waals surface area (Å²) in [4.78, 5) is 1.59. The minimum absolute atomic E-state index is 0.181. The first-order chi connectivity index (χ1) is 9.78. The Kier molecular flexibility index (Phi) is 4.49. The van der Waals surface area contributed by atoms with Crippen molar-refractivity contribution in [2.75, 3.05) is 11.0 Å². The van der Waals surface area contributed by atoms with E-state index in [0.717, 1.165) is 16.7 Å². The van der Waals surface area contributed by atoms with Gasteiger partial charge in [0.15, 0.2) is 0 Å². The van der Waals surface area contributed by atoms with Crippen LogP contribution in [0.25, 0.3) is 0 Å². The molecule has 0 spiro atoms. The van der Waals surface area contributed by atoms with Crippen molar-refractivity contribution in [2.24, 2.45) is 0 Å². The second-order valence-corrected chi connectivity index (χ2v) is 7.67. The van der Waals surface area contributed by atoms with Crippen LogP contribution in [0.4, 0.5) is 5.69 Å². The summed E-state index contributed by atoms with van der Waals surface area (Å²) in [5, 5.41) is 10.3. The molecule has 21 heavy (non-hydrogen) atoms. The Bertz CT molecular complexity index is 756. The number of phenols is 1. The van der Waals surface area contributed by atoms with Crippen molar-refractivity contribution >= 4 is 27.5 Å². The molecule has 0 fully saturated rings. The summed E-state index contributed by atoms with van der Waals surface area (Å²) in [7, 11) is -3.36. The fraction of sp³-hybridized carbons (Fsp3) is 0.200. The average molecular weight is 323 g/mol.